The van der Waals surface area contributed by atoms with E-state index in [0.717, 1.165) is 47.4 Å². The van der Waals surface area contributed by atoms with Gasteiger partial charge in [-0.25, -0.2) is 0 Å². The first-order chi connectivity index (χ1) is 13.0. The Bertz CT molecular complexity index is 798. The van der Waals surface area contributed by atoms with E-state index in [0.29, 0.717) is 19.7 Å². The minimum Gasteiger partial charge on any atom is -0.488 e. The molecule has 154 valence electrons. The lowest BCUT2D eigenvalue weighted by Crippen LogP contribution is -2.36. The summed E-state index contributed by atoms with van der Waals surface area (Å²) in [7, 11) is 1.77. The topological polar surface area (TPSA) is 68.0 Å². The van der Waals surface area contributed by atoms with E-state index in [4.69, 9.17) is 13.9 Å². The number of hydrogen-bond donors (Lipinski definition) is 2. The van der Waals surface area contributed by atoms with Crippen LogP contribution in [0.15, 0.2) is 33.7 Å². The molecule has 0 bridgehead atoms. The van der Waals surface area contributed by atoms with Crippen LogP contribution in [0.1, 0.15) is 34.6 Å². The summed E-state index contributed by atoms with van der Waals surface area (Å²) in [5.41, 5.74) is 3.42. The molecule has 28 heavy (non-hydrogen) atoms. The highest BCUT2D eigenvalue weighted by Crippen LogP contribution is 2.23. The molecule has 1 unspecified atom stereocenters. The molecule has 0 aliphatic carbocycles. The van der Waals surface area contributed by atoms with Crippen molar-refractivity contribution in [3.05, 3.63) is 52.5 Å². The van der Waals surface area contributed by atoms with Crippen LogP contribution in [0.25, 0.3) is 0 Å². The van der Waals surface area contributed by atoms with Crippen molar-refractivity contribution in [2.75, 3.05) is 20.3 Å². The van der Waals surface area contributed by atoms with Crippen LogP contribution >= 0.6 is 24.0 Å². The zero-order chi connectivity index (χ0) is 19.2. The Labute approximate surface area is 184 Å². The number of guanidine groups is 1. The number of rotatable bonds is 6. The Hall–Kier alpha value is -1.74. The summed E-state index contributed by atoms with van der Waals surface area (Å²) < 4.78 is 17.2. The number of benzene rings is 1. The highest BCUT2D eigenvalue weighted by Gasteiger charge is 2.18. The molecule has 6 nitrogen and oxygen atoms in total. The molecule has 2 heterocycles. The van der Waals surface area contributed by atoms with Gasteiger partial charge < -0.3 is 24.5 Å². The summed E-state index contributed by atoms with van der Waals surface area (Å²) in [6.07, 6.45) is 1.07. The lowest BCUT2D eigenvalue weighted by Gasteiger charge is -2.18. The zero-order valence-corrected chi connectivity index (χ0v) is 19.3. The quantitative estimate of drug-likeness (QED) is 0.359. The number of nitrogens with zero attached hydrogens (tertiary/aromatic N) is 1. The fourth-order valence-electron chi connectivity index (χ4n) is 3.14. The molecule has 0 saturated carbocycles. The van der Waals surface area contributed by atoms with E-state index in [1.54, 1.807) is 7.05 Å². The van der Waals surface area contributed by atoms with E-state index in [-0.39, 0.29) is 30.1 Å². The highest BCUT2D eigenvalue weighted by atomic mass is 127. The Morgan fingerprint density at radius 1 is 1.14 bits per heavy atom. The van der Waals surface area contributed by atoms with Gasteiger partial charge in [0.25, 0.3) is 0 Å². The molecule has 1 fully saturated rings. The maximum Gasteiger partial charge on any atom is 0.191 e. The lowest BCUT2D eigenvalue weighted by molar-refractivity contribution is 0.140. The number of nitrogens with one attached hydrogen (secondary N) is 2. The third-order valence-electron chi connectivity index (χ3n) is 4.66. The Kier molecular flexibility index (Phi) is 8.62. The molecule has 1 aromatic heterocycles. The SMILES string of the molecule is CN=C(NCc1ccc(C)cc1OC1CCOC1)NCc1cc(C)oc1C.I. The molecule has 1 saturated heterocycles. The summed E-state index contributed by atoms with van der Waals surface area (Å²) in [5.74, 6) is 3.51. The van der Waals surface area contributed by atoms with Gasteiger partial charge in [0.05, 0.1) is 13.2 Å². The van der Waals surface area contributed by atoms with Crippen LogP contribution in [0.2, 0.25) is 0 Å². The van der Waals surface area contributed by atoms with Crippen LogP contribution in [-0.4, -0.2) is 32.3 Å². The number of halogens is 1. The zero-order valence-electron chi connectivity index (χ0n) is 17.0. The molecule has 1 aliphatic rings. The smallest absolute Gasteiger partial charge is 0.191 e. The van der Waals surface area contributed by atoms with Crippen LogP contribution in [0.4, 0.5) is 0 Å². The van der Waals surface area contributed by atoms with Crippen molar-refractivity contribution in [2.24, 2.45) is 4.99 Å². The van der Waals surface area contributed by atoms with E-state index in [2.05, 4.69) is 40.7 Å². The third kappa shape index (κ3) is 6.13. The van der Waals surface area contributed by atoms with Gasteiger partial charge >= 0.3 is 0 Å². The average Bonchev–Trinajstić information content (AvgIpc) is 3.26. The van der Waals surface area contributed by atoms with Crippen LogP contribution in [0.5, 0.6) is 5.75 Å². The number of aryl methyl sites for hydroxylation is 3. The predicted molar refractivity (Wildman–Crippen MR) is 122 cm³/mol. The van der Waals surface area contributed by atoms with Crippen molar-refractivity contribution in [1.29, 1.82) is 0 Å². The van der Waals surface area contributed by atoms with E-state index < -0.39 is 0 Å². The van der Waals surface area contributed by atoms with Crippen molar-refractivity contribution in [3.63, 3.8) is 0 Å². The van der Waals surface area contributed by atoms with E-state index in [1.807, 2.05) is 19.9 Å². The highest BCUT2D eigenvalue weighted by molar-refractivity contribution is 14.0. The fraction of sp³-hybridized carbons (Fsp3) is 0.476. The molecular formula is C21H30IN3O3. The molecule has 0 radical (unpaired) electrons. The molecule has 7 heteroatoms. The van der Waals surface area contributed by atoms with Gasteiger partial charge in [0.1, 0.15) is 23.4 Å². The molecule has 2 aromatic rings. The summed E-state index contributed by atoms with van der Waals surface area (Å²) in [5, 5.41) is 6.70. The molecule has 1 atom stereocenters. The van der Waals surface area contributed by atoms with Crippen molar-refractivity contribution in [3.8, 4) is 5.75 Å². The minimum absolute atomic E-state index is 0. The minimum atomic E-state index is 0. The van der Waals surface area contributed by atoms with Gasteiger partial charge in [0.2, 0.25) is 0 Å². The van der Waals surface area contributed by atoms with Gasteiger partial charge in [-0.05, 0) is 38.5 Å². The Morgan fingerprint density at radius 2 is 1.89 bits per heavy atom. The summed E-state index contributed by atoms with van der Waals surface area (Å²) >= 11 is 0. The maximum absolute atomic E-state index is 6.16. The van der Waals surface area contributed by atoms with E-state index >= 15 is 0 Å². The molecular weight excluding hydrogens is 469 g/mol. The molecule has 0 spiro atoms. The molecule has 0 amide bonds. The third-order valence-corrected chi connectivity index (χ3v) is 4.66. The lowest BCUT2D eigenvalue weighted by atomic mass is 10.1. The first kappa shape index (κ1) is 22.5. The number of ether oxygens (including phenoxy) is 2. The first-order valence-corrected chi connectivity index (χ1v) is 9.39. The first-order valence-electron chi connectivity index (χ1n) is 9.39. The molecule has 1 aromatic carbocycles. The van der Waals surface area contributed by atoms with Crippen molar-refractivity contribution >= 4 is 29.9 Å². The Morgan fingerprint density at radius 3 is 2.50 bits per heavy atom. The second-order valence-electron chi connectivity index (χ2n) is 6.93. The second kappa shape index (κ2) is 10.7. The largest absolute Gasteiger partial charge is 0.488 e. The van der Waals surface area contributed by atoms with Gasteiger partial charge in [-0.1, -0.05) is 12.1 Å². The van der Waals surface area contributed by atoms with Gasteiger partial charge in [-0.15, -0.1) is 24.0 Å². The van der Waals surface area contributed by atoms with Gasteiger partial charge in [0, 0.05) is 37.7 Å². The summed E-state index contributed by atoms with van der Waals surface area (Å²) in [4.78, 5) is 4.31. The molecule has 3 rings (SSSR count). The van der Waals surface area contributed by atoms with Gasteiger partial charge in [-0.2, -0.15) is 0 Å². The normalized spacial score (nSPS) is 16.6. The number of furan rings is 1. The predicted octanol–water partition coefficient (Wildman–Crippen LogP) is 3.86. The monoisotopic (exact) mass is 499 g/mol. The average molecular weight is 499 g/mol. The second-order valence-corrected chi connectivity index (χ2v) is 6.93. The maximum atomic E-state index is 6.16. The van der Waals surface area contributed by atoms with Crippen LogP contribution in [-0.2, 0) is 17.8 Å². The standard InChI is InChI=1S/C21H29N3O3.HI/c1-14-5-6-17(20(9-14)27-19-7-8-25-13-19)11-23-21(22-4)24-12-18-10-15(2)26-16(18)3;/h5-6,9-10,19H,7-8,11-13H2,1-4H3,(H2,22,23,24);1H. The van der Waals surface area contributed by atoms with Crippen LogP contribution in [0.3, 0.4) is 0 Å². The molecule has 2 N–H and O–H groups in total. The Balaban J connectivity index is 0.00000280. The van der Waals surface area contributed by atoms with Crippen molar-refractivity contribution in [1.82, 2.24) is 10.6 Å². The van der Waals surface area contributed by atoms with Crippen molar-refractivity contribution < 1.29 is 13.9 Å². The van der Waals surface area contributed by atoms with Crippen LogP contribution in [0, 0.1) is 20.8 Å². The molecule has 1 aliphatic heterocycles. The summed E-state index contributed by atoms with van der Waals surface area (Å²) in [6, 6.07) is 8.33. The number of hydrogen-bond acceptors (Lipinski definition) is 4. The van der Waals surface area contributed by atoms with Gasteiger partial charge in [-0.3, -0.25) is 4.99 Å². The van der Waals surface area contributed by atoms with E-state index in [1.165, 1.54) is 5.56 Å². The van der Waals surface area contributed by atoms with E-state index in [9.17, 15) is 0 Å². The summed E-state index contributed by atoms with van der Waals surface area (Å²) in [6.45, 7) is 8.73. The fourth-order valence-corrected chi connectivity index (χ4v) is 3.14. The van der Waals surface area contributed by atoms with Gasteiger partial charge in [0.15, 0.2) is 5.96 Å². The van der Waals surface area contributed by atoms with Crippen LogP contribution < -0.4 is 15.4 Å². The van der Waals surface area contributed by atoms with Crippen molar-refractivity contribution in [2.45, 2.75) is 46.4 Å². The number of aliphatic imine (C=N–C) groups is 1.